The Hall–Kier alpha value is -1.36. The molecule has 1 heterocycles. The number of fused-ring (bicyclic) bond motifs is 1. The summed E-state index contributed by atoms with van der Waals surface area (Å²) in [6.45, 7) is 3.65. The highest BCUT2D eigenvalue weighted by Gasteiger charge is 2.39. The molecule has 5 heteroatoms. The molecular formula is C10H11NO3S. The summed E-state index contributed by atoms with van der Waals surface area (Å²) in [5.41, 5.74) is 1.17. The Kier molecular flexibility index (Phi) is 2.08. The van der Waals surface area contributed by atoms with Gasteiger partial charge >= 0.3 is 0 Å². The molecule has 1 aliphatic heterocycles. The van der Waals surface area contributed by atoms with Crippen molar-refractivity contribution in [3.05, 3.63) is 29.3 Å². The molecule has 0 atom stereocenters. The molecule has 1 aliphatic rings. The standard InChI is InChI=1S/C10H11NO3S/c1-3-11-10(12)8-6-7(2)4-5-9(8)15(11,13)14/h4-6H,3H2,1-2H3. The van der Waals surface area contributed by atoms with Gasteiger partial charge in [-0.3, -0.25) is 4.79 Å². The third kappa shape index (κ3) is 1.26. The maximum Gasteiger partial charge on any atom is 0.269 e. The number of amides is 1. The minimum Gasteiger partial charge on any atom is -0.268 e. The molecule has 1 amide bonds. The van der Waals surface area contributed by atoms with Crippen LogP contribution in [0.5, 0.6) is 0 Å². The Bertz CT molecular complexity index is 534. The van der Waals surface area contributed by atoms with Crippen LogP contribution in [-0.4, -0.2) is 25.2 Å². The smallest absolute Gasteiger partial charge is 0.268 e. The Labute approximate surface area is 88.6 Å². The van der Waals surface area contributed by atoms with Crippen LogP contribution in [0.1, 0.15) is 22.8 Å². The molecule has 1 aromatic carbocycles. The number of benzene rings is 1. The molecule has 0 fully saturated rings. The Morgan fingerprint density at radius 2 is 2.00 bits per heavy atom. The van der Waals surface area contributed by atoms with Gasteiger partial charge in [0.05, 0.1) is 5.56 Å². The average Bonchev–Trinajstić information content (AvgIpc) is 2.34. The summed E-state index contributed by atoms with van der Waals surface area (Å²) in [5.74, 6) is -0.420. The summed E-state index contributed by atoms with van der Waals surface area (Å²) in [4.78, 5) is 11.9. The van der Waals surface area contributed by atoms with Gasteiger partial charge in [-0.15, -0.1) is 0 Å². The molecular weight excluding hydrogens is 214 g/mol. The number of aryl methyl sites for hydroxylation is 1. The van der Waals surface area contributed by atoms with Crippen molar-refractivity contribution in [3.63, 3.8) is 0 Å². The summed E-state index contributed by atoms with van der Waals surface area (Å²) in [6, 6.07) is 4.81. The first-order chi connectivity index (χ1) is 6.98. The molecule has 0 aromatic heterocycles. The van der Waals surface area contributed by atoms with E-state index < -0.39 is 15.9 Å². The minimum atomic E-state index is -3.58. The van der Waals surface area contributed by atoms with E-state index in [0.29, 0.717) is 0 Å². The maximum absolute atomic E-state index is 11.8. The highest BCUT2D eigenvalue weighted by atomic mass is 32.2. The Balaban J connectivity index is 2.74. The highest BCUT2D eigenvalue weighted by Crippen LogP contribution is 2.30. The van der Waals surface area contributed by atoms with Crippen molar-refractivity contribution in [2.24, 2.45) is 0 Å². The van der Waals surface area contributed by atoms with E-state index in [2.05, 4.69) is 0 Å². The van der Waals surface area contributed by atoms with Crippen LogP contribution in [0.3, 0.4) is 0 Å². The van der Waals surface area contributed by atoms with Gasteiger partial charge < -0.3 is 0 Å². The van der Waals surface area contributed by atoms with Crippen LogP contribution in [-0.2, 0) is 10.0 Å². The van der Waals surface area contributed by atoms with Crippen LogP contribution in [0.4, 0.5) is 0 Å². The van der Waals surface area contributed by atoms with Gasteiger partial charge in [0, 0.05) is 6.54 Å². The largest absolute Gasteiger partial charge is 0.269 e. The van der Waals surface area contributed by atoms with Crippen LogP contribution < -0.4 is 0 Å². The minimum absolute atomic E-state index is 0.125. The fourth-order valence-corrected chi connectivity index (χ4v) is 3.27. The van der Waals surface area contributed by atoms with Gasteiger partial charge in [0.2, 0.25) is 0 Å². The lowest BCUT2D eigenvalue weighted by atomic mass is 10.1. The maximum atomic E-state index is 11.8. The van der Waals surface area contributed by atoms with Crippen molar-refractivity contribution in [3.8, 4) is 0 Å². The molecule has 0 N–H and O–H groups in total. The third-order valence-corrected chi connectivity index (χ3v) is 4.36. The monoisotopic (exact) mass is 225 g/mol. The van der Waals surface area contributed by atoms with Crippen LogP contribution >= 0.6 is 0 Å². The second kappa shape index (κ2) is 3.06. The Morgan fingerprint density at radius 3 is 2.60 bits per heavy atom. The molecule has 0 spiro atoms. The van der Waals surface area contributed by atoms with Gasteiger partial charge in [0.1, 0.15) is 4.90 Å². The predicted molar refractivity (Wildman–Crippen MR) is 55.1 cm³/mol. The number of hydrogen-bond acceptors (Lipinski definition) is 3. The van der Waals surface area contributed by atoms with Gasteiger partial charge in [-0.25, -0.2) is 12.7 Å². The van der Waals surface area contributed by atoms with E-state index in [4.69, 9.17) is 0 Å². The lowest BCUT2D eigenvalue weighted by Gasteiger charge is -2.10. The van der Waals surface area contributed by atoms with E-state index in [9.17, 15) is 13.2 Å². The Morgan fingerprint density at radius 1 is 1.33 bits per heavy atom. The molecule has 0 aliphatic carbocycles. The van der Waals surface area contributed by atoms with Crippen molar-refractivity contribution in [1.82, 2.24) is 4.31 Å². The zero-order valence-electron chi connectivity index (χ0n) is 8.52. The number of hydrogen-bond donors (Lipinski definition) is 0. The van der Waals surface area contributed by atoms with E-state index in [1.165, 1.54) is 6.07 Å². The molecule has 0 unspecified atom stereocenters. The fraction of sp³-hybridized carbons (Fsp3) is 0.300. The summed E-state index contributed by atoms with van der Waals surface area (Å²) in [7, 11) is -3.58. The van der Waals surface area contributed by atoms with Gasteiger partial charge in [0.15, 0.2) is 0 Å². The lowest BCUT2D eigenvalue weighted by Crippen LogP contribution is -2.29. The van der Waals surface area contributed by atoms with Gasteiger partial charge in [-0.05, 0) is 26.0 Å². The van der Waals surface area contributed by atoms with Gasteiger partial charge in [-0.1, -0.05) is 11.6 Å². The van der Waals surface area contributed by atoms with Crippen molar-refractivity contribution < 1.29 is 13.2 Å². The molecule has 4 nitrogen and oxygen atoms in total. The third-order valence-electron chi connectivity index (χ3n) is 2.45. The van der Waals surface area contributed by atoms with Crippen LogP contribution in [0.2, 0.25) is 0 Å². The number of carbonyl (C=O) groups excluding carboxylic acids is 1. The van der Waals surface area contributed by atoms with Crippen LogP contribution in [0.25, 0.3) is 0 Å². The molecule has 0 bridgehead atoms. The van der Waals surface area contributed by atoms with Crippen LogP contribution in [0, 0.1) is 6.92 Å². The molecule has 0 radical (unpaired) electrons. The molecule has 0 saturated heterocycles. The molecule has 80 valence electrons. The second-order valence-electron chi connectivity index (χ2n) is 3.47. The molecule has 1 aromatic rings. The SMILES string of the molecule is CCN1C(=O)c2cc(C)ccc2S1(=O)=O. The predicted octanol–water partition coefficient (Wildman–Crippen LogP) is 1.16. The quantitative estimate of drug-likeness (QED) is 0.720. The number of rotatable bonds is 1. The average molecular weight is 225 g/mol. The van der Waals surface area contributed by atoms with Crippen molar-refractivity contribution in [1.29, 1.82) is 0 Å². The van der Waals surface area contributed by atoms with E-state index >= 15 is 0 Å². The highest BCUT2D eigenvalue weighted by molar-refractivity contribution is 7.90. The molecule has 0 saturated carbocycles. The normalized spacial score (nSPS) is 18.0. The van der Waals surface area contributed by atoms with Crippen LogP contribution in [0.15, 0.2) is 23.1 Å². The number of nitrogens with zero attached hydrogens (tertiary/aromatic N) is 1. The van der Waals surface area contributed by atoms with Crippen molar-refractivity contribution in [2.75, 3.05) is 6.54 Å². The van der Waals surface area contributed by atoms with Crippen molar-refractivity contribution >= 4 is 15.9 Å². The van der Waals surface area contributed by atoms with Crippen molar-refractivity contribution in [2.45, 2.75) is 18.7 Å². The van der Waals surface area contributed by atoms with E-state index in [0.717, 1.165) is 9.87 Å². The van der Waals surface area contributed by atoms with Gasteiger partial charge in [-0.2, -0.15) is 0 Å². The summed E-state index contributed by atoms with van der Waals surface area (Å²) in [5, 5.41) is 0. The zero-order valence-corrected chi connectivity index (χ0v) is 9.34. The first-order valence-electron chi connectivity index (χ1n) is 4.66. The molecule has 15 heavy (non-hydrogen) atoms. The van der Waals surface area contributed by atoms with E-state index in [-0.39, 0.29) is 17.0 Å². The summed E-state index contributed by atoms with van der Waals surface area (Å²) < 4.78 is 24.6. The van der Waals surface area contributed by atoms with E-state index in [1.807, 2.05) is 6.92 Å². The summed E-state index contributed by atoms with van der Waals surface area (Å²) in [6.07, 6.45) is 0. The van der Waals surface area contributed by atoms with E-state index in [1.54, 1.807) is 19.1 Å². The number of carbonyl (C=O) groups is 1. The fourth-order valence-electron chi connectivity index (χ4n) is 1.71. The summed E-state index contributed by atoms with van der Waals surface area (Å²) >= 11 is 0. The first-order valence-corrected chi connectivity index (χ1v) is 6.10. The number of sulfonamides is 1. The topological polar surface area (TPSA) is 54.5 Å². The molecule has 2 rings (SSSR count). The van der Waals surface area contributed by atoms with Gasteiger partial charge in [0.25, 0.3) is 15.9 Å². The zero-order chi connectivity index (χ0) is 11.2. The second-order valence-corrected chi connectivity index (χ2v) is 5.31. The lowest BCUT2D eigenvalue weighted by molar-refractivity contribution is 0.0875. The first kappa shape index (κ1) is 10.2.